The van der Waals surface area contributed by atoms with Crippen LogP contribution in [0.5, 0.6) is 0 Å². The molecule has 0 aliphatic carbocycles. The third kappa shape index (κ3) is 5.20. The van der Waals surface area contributed by atoms with Crippen molar-refractivity contribution in [2.75, 3.05) is 26.2 Å². The van der Waals surface area contributed by atoms with E-state index in [9.17, 15) is 4.79 Å². The molecule has 0 saturated carbocycles. The highest BCUT2D eigenvalue weighted by Gasteiger charge is 2.10. The molecule has 1 aliphatic heterocycles. The summed E-state index contributed by atoms with van der Waals surface area (Å²) in [7, 11) is 0. The number of carbonyl (C=O) groups excluding carboxylic acids is 1. The van der Waals surface area contributed by atoms with Gasteiger partial charge in [-0.1, -0.05) is 12.1 Å². The number of carbonyl (C=O) groups is 1. The van der Waals surface area contributed by atoms with E-state index in [1.165, 1.54) is 25.9 Å². The van der Waals surface area contributed by atoms with E-state index in [-0.39, 0.29) is 5.91 Å². The number of hydrogen-bond donors (Lipinski definition) is 1. The topological polar surface area (TPSA) is 56.1 Å². The number of hydrogen-bond acceptors (Lipinski definition) is 3. The molecule has 1 N–H and O–H groups in total. The summed E-state index contributed by atoms with van der Waals surface area (Å²) in [6.07, 6.45) is 5.15. The lowest BCUT2D eigenvalue weighted by Gasteiger charge is -2.14. The molecular formula is C17H23N3O. The fourth-order valence-electron chi connectivity index (χ4n) is 2.68. The van der Waals surface area contributed by atoms with Crippen LogP contribution in [0.1, 0.15) is 41.6 Å². The molecule has 1 aliphatic rings. The molecule has 0 unspecified atom stereocenters. The quantitative estimate of drug-likeness (QED) is 0.782. The van der Waals surface area contributed by atoms with Crippen molar-refractivity contribution in [3.8, 4) is 6.07 Å². The van der Waals surface area contributed by atoms with Gasteiger partial charge in [-0.3, -0.25) is 4.79 Å². The van der Waals surface area contributed by atoms with Crippen molar-refractivity contribution in [2.45, 2.75) is 32.1 Å². The van der Waals surface area contributed by atoms with Gasteiger partial charge in [-0.15, -0.1) is 0 Å². The van der Waals surface area contributed by atoms with E-state index in [1.54, 1.807) is 12.1 Å². The molecule has 1 saturated heterocycles. The largest absolute Gasteiger partial charge is 0.352 e. The normalized spacial score (nSPS) is 14.8. The predicted molar refractivity (Wildman–Crippen MR) is 83.0 cm³/mol. The summed E-state index contributed by atoms with van der Waals surface area (Å²) in [5, 5.41) is 11.6. The number of benzene rings is 1. The molecule has 1 aromatic carbocycles. The molecule has 1 fully saturated rings. The van der Waals surface area contributed by atoms with Gasteiger partial charge in [0.1, 0.15) is 0 Å². The van der Waals surface area contributed by atoms with E-state index in [2.05, 4.69) is 16.3 Å². The van der Waals surface area contributed by atoms with Crippen LogP contribution in [-0.4, -0.2) is 37.0 Å². The SMILES string of the molecule is N#CCc1cccc(C(=O)NCCCCN2CCCC2)c1. The highest BCUT2D eigenvalue weighted by Crippen LogP contribution is 2.08. The van der Waals surface area contributed by atoms with E-state index < -0.39 is 0 Å². The standard InChI is InChI=1S/C17H23N3O/c18-9-8-15-6-5-7-16(14-15)17(21)19-10-1-2-11-20-12-3-4-13-20/h5-7,14H,1-4,8,10-13H2,(H,19,21). The van der Waals surface area contributed by atoms with Gasteiger partial charge in [0, 0.05) is 12.1 Å². The third-order valence-electron chi connectivity index (χ3n) is 3.86. The molecule has 2 rings (SSSR count). The Morgan fingerprint density at radius 2 is 2.10 bits per heavy atom. The molecule has 0 spiro atoms. The molecule has 21 heavy (non-hydrogen) atoms. The van der Waals surface area contributed by atoms with Crippen molar-refractivity contribution in [3.63, 3.8) is 0 Å². The van der Waals surface area contributed by atoms with Crippen molar-refractivity contribution in [1.82, 2.24) is 10.2 Å². The summed E-state index contributed by atoms with van der Waals surface area (Å²) < 4.78 is 0. The lowest BCUT2D eigenvalue weighted by Crippen LogP contribution is -2.26. The van der Waals surface area contributed by atoms with Gasteiger partial charge in [-0.2, -0.15) is 5.26 Å². The maximum Gasteiger partial charge on any atom is 0.251 e. The third-order valence-corrected chi connectivity index (χ3v) is 3.86. The van der Waals surface area contributed by atoms with Crippen molar-refractivity contribution in [3.05, 3.63) is 35.4 Å². The summed E-state index contributed by atoms with van der Waals surface area (Å²) in [6.45, 7) is 4.33. The van der Waals surface area contributed by atoms with Crippen LogP contribution in [0.25, 0.3) is 0 Å². The van der Waals surface area contributed by atoms with E-state index in [4.69, 9.17) is 5.26 Å². The highest BCUT2D eigenvalue weighted by molar-refractivity contribution is 5.94. The number of rotatable bonds is 7. The zero-order valence-corrected chi connectivity index (χ0v) is 12.5. The van der Waals surface area contributed by atoms with Crippen molar-refractivity contribution >= 4 is 5.91 Å². The van der Waals surface area contributed by atoms with Crippen LogP contribution >= 0.6 is 0 Å². The van der Waals surface area contributed by atoms with Crippen molar-refractivity contribution in [2.24, 2.45) is 0 Å². The van der Waals surface area contributed by atoms with E-state index in [1.807, 2.05) is 12.1 Å². The molecule has 1 aromatic rings. The number of nitrogens with one attached hydrogen (secondary N) is 1. The maximum atomic E-state index is 12.0. The first kappa shape index (κ1) is 15.5. The van der Waals surface area contributed by atoms with Crippen LogP contribution < -0.4 is 5.32 Å². The first-order chi connectivity index (χ1) is 10.3. The summed E-state index contributed by atoms with van der Waals surface area (Å²) in [5.74, 6) is -0.0454. The smallest absolute Gasteiger partial charge is 0.251 e. The van der Waals surface area contributed by atoms with E-state index in [0.29, 0.717) is 12.0 Å². The van der Waals surface area contributed by atoms with Gasteiger partial charge in [0.2, 0.25) is 0 Å². The van der Waals surface area contributed by atoms with Crippen LogP contribution in [0.3, 0.4) is 0 Å². The van der Waals surface area contributed by atoms with Gasteiger partial charge in [0.25, 0.3) is 5.91 Å². The summed E-state index contributed by atoms with van der Waals surface area (Å²) in [5.41, 5.74) is 1.53. The average molecular weight is 285 g/mol. The van der Waals surface area contributed by atoms with Gasteiger partial charge in [0.05, 0.1) is 12.5 Å². The molecule has 0 bridgehead atoms. The fraction of sp³-hybridized carbons (Fsp3) is 0.529. The zero-order valence-electron chi connectivity index (χ0n) is 12.5. The van der Waals surface area contributed by atoms with Gasteiger partial charge in [-0.05, 0) is 63.0 Å². The van der Waals surface area contributed by atoms with E-state index in [0.717, 1.165) is 31.5 Å². The Kier molecular flexibility index (Phi) is 6.23. The summed E-state index contributed by atoms with van der Waals surface area (Å²) in [4.78, 5) is 14.5. The summed E-state index contributed by atoms with van der Waals surface area (Å²) in [6, 6.07) is 9.39. The predicted octanol–water partition coefficient (Wildman–Crippen LogP) is 2.36. The van der Waals surface area contributed by atoms with E-state index >= 15 is 0 Å². The Balaban J connectivity index is 1.66. The van der Waals surface area contributed by atoms with Gasteiger partial charge in [0.15, 0.2) is 0 Å². The number of amides is 1. The minimum absolute atomic E-state index is 0.0454. The van der Waals surface area contributed by atoms with Gasteiger partial charge in [-0.25, -0.2) is 0 Å². The average Bonchev–Trinajstić information content (AvgIpc) is 3.01. The summed E-state index contributed by atoms with van der Waals surface area (Å²) >= 11 is 0. The molecule has 4 heteroatoms. The molecule has 1 heterocycles. The Morgan fingerprint density at radius 1 is 1.29 bits per heavy atom. The molecule has 0 radical (unpaired) electrons. The highest BCUT2D eigenvalue weighted by atomic mass is 16.1. The second kappa shape index (κ2) is 8.43. The molecule has 4 nitrogen and oxygen atoms in total. The lowest BCUT2D eigenvalue weighted by molar-refractivity contribution is 0.0952. The molecular weight excluding hydrogens is 262 g/mol. The Morgan fingerprint density at radius 3 is 2.86 bits per heavy atom. The maximum absolute atomic E-state index is 12.0. The van der Waals surface area contributed by atoms with Crippen LogP contribution in [0.15, 0.2) is 24.3 Å². The van der Waals surface area contributed by atoms with Crippen molar-refractivity contribution in [1.29, 1.82) is 5.26 Å². The zero-order chi connectivity index (χ0) is 14.9. The van der Waals surface area contributed by atoms with Crippen molar-refractivity contribution < 1.29 is 4.79 Å². The number of nitrogens with zero attached hydrogens (tertiary/aromatic N) is 2. The van der Waals surface area contributed by atoms with Crippen LogP contribution in [0.4, 0.5) is 0 Å². The molecule has 0 aromatic heterocycles. The Labute approximate surface area is 126 Å². The monoisotopic (exact) mass is 285 g/mol. The first-order valence-corrected chi connectivity index (χ1v) is 7.76. The lowest BCUT2D eigenvalue weighted by atomic mass is 10.1. The number of nitriles is 1. The van der Waals surface area contributed by atoms with Crippen LogP contribution in [0.2, 0.25) is 0 Å². The molecule has 0 atom stereocenters. The second-order valence-electron chi connectivity index (χ2n) is 5.55. The number of likely N-dealkylation sites (tertiary alicyclic amines) is 1. The Hall–Kier alpha value is -1.86. The second-order valence-corrected chi connectivity index (χ2v) is 5.55. The minimum Gasteiger partial charge on any atom is -0.352 e. The Bertz CT molecular complexity index is 501. The minimum atomic E-state index is -0.0454. The fourth-order valence-corrected chi connectivity index (χ4v) is 2.68. The van der Waals surface area contributed by atoms with Crippen LogP contribution in [0, 0.1) is 11.3 Å². The molecule has 1 amide bonds. The van der Waals surface area contributed by atoms with Gasteiger partial charge >= 0.3 is 0 Å². The van der Waals surface area contributed by atoms with Gasteiger partial charge < -0.3 is 10.2 Å². The first-order valence-electron chi connectivity index (χ1n) is 7.76. The number of unbranched alkanes of at least 4 members (excludes halogenated alkanes) is 1. The molecule has 112 valence electrons. The van der Waals surface area contributed by atoms with Crippen LogP contribution in [-0.2, 0) is 6.42 Å².